The maximum absolute atomic E-state index is 10.7. The summed E-state index contributed by atoms with van der Waals surface area (Å²) < 4.78 is 0. The smallest absolute Gasteiger partial charge is 0.269 e. The molecule has 0 aromatic heterocycles. The van der Waals surface area contributed by atoms with Crippen LogP contribution >= 0.6 is 0 Å². The van der Waals surface area contributed by atoms with Gasteiger partial charge in [0.05, 0.1) is 4.92 Å². The molecule has 104 valence electrons. The summed E-state index contributed by atoms with van der Waals surface area (Å²) in [5, 5.41) is 14.1. The molecule has 1 heterocycles. The molecule has 19 heavy (non-hydrogen) atoms. The summed E-state index contributed by atoms with van der Waals surface area (Å²) in [6, 6.07) is 8.13. The van der Waals surface area contributed by atoms with Gasteiger partial charge in [-0.25, -0.2) is 0 Å². The second kappa shape index (κ2) is 5.67. The highest BCUT2D eigenvalue weighted by molar-refractivity contribution is 5.34. The lowest BCUT2D eigenvalue weighted by Crippen LogP contribution is -2.54. The van der Waals surface area contributed by atoms with E-state index in [2.05, 4.69) is 31.0 Å². The maximum Gasteiger partial charge on any atom is 0.269 e. The predicted molar refractivity (Wildman–Crippen MR) is 75.1 cm³/mol. The highest BCUT2D eigenvalue weighted by atomic mass is 16.6. The van der Waals surface area contributed by atoms with Gasteiger partial charge in [-0.1, -0.05) is 12.1 Å². The summed E-state index contributed by atoms with van der Waals surface area (Å²) in [6.07, 6.45) is 0. The number of nitrogens with one attached hydrogen (secondary N) is 1. The average Bonchev–Trinajstić information content (AvgIpc) is 2.41. The number of nitro groups is 1. The first-order chi connectivity index (χ1) is 8.99. The summed E-state index contributed by atoms with van der Waals surface area (Å²) >= 11 is 0. The van der Waals surface area contributed by atoms with Crippen molar-refractivity contribution < 1.29 is 4.92 Å². The Balaban J connectivity index is 2.13. The van der Waals surface area contributed by atoms with Crippen LogP contribution in [0.3, 0.4) is 0 Å². The Morgan fingerprint density at radius 1 is 1.37 bits per heavy atom. The van der Waals surface area contributed by atoms with Gasteiger partial charge in [0.2, 0.25) is 0 Å². The van der Waals surface area contributed by atoms with E-state index in [1.807, 2.05) is 12.1 Å². The van der Waals surface area contributed by atoms with E-state index in [1.165, 1.54) is 0 Å². The standard InChI is InChI=1S/C14H21N3O2/c1-10-9-16(11(2)8-15-10)12(3)13-4-6-14(7-5-13)17(18)19/h4-7,10-12,15H,8-9H2,1-3H3. The van der Waals surface area contributed by atoms with E-state index in [-0.39, 0.29) is 16.7 Å². The van der Waals surface area contributed by atoms with Gasteiger partial charge in [-0.15, -0.1) is 0 Å². The van der Waals surface area contributed by atoms with Crippen LogP contribution < -0.4 is 5.32 Å². The molecule has 0 amide bonds. The van der Waals surface area contributed by atoms with Gasteiger partial charge in [0.1, 0.15) is 0 Å². The van der Waals surface area contributed by atoms with E-state index in [4.69, 9.17) is 0 Å². The van der Waals surface area contributed by atoms with Crippen LogP contribution in [0.5, 0.6) is 0 Å². The fourth-order valence-corrected chi connectivity index (χ4v) is 2.66. The Hall–Kier alpha value is -1.46. The Labute approximate surface area is 113 Å². The van der Waals surface area contributed by atoms with Crippen LogP contribution in [0.2, 0.25) is 0 Å². The van der Waals surface area contributed by atoms with Gasteiger partial charge in [-0.2, -0.15) is 0 Å². The van der Waals surface area contributed by atoms with Gasteiger partial charge in [0.15, 0.2) is 0 Å². The molecule has 1 aromatic rings. The zero-order valence-corrected chi connectivity index (χ0v) is 11.7. The van der Waals surface area contributed by atoms with Gasteiger partial charge in [-0.05, 0) is 26.3 Å². The largest absolute Gasteiger partial charge is 0.311 e. The summed E-state index contributed by atoms with van der Waals surface area (Å²) in [6.45, 7) is 8.54. The second-order valence-electron chi connectivity index (χ2n) is 5.38. The minimum atomic E-state index is -0.357. The summed E-state index contributed by atoms with van der Waals surface area (Å²) in [5.74, 6) is 0. The number of piperazine rings is 1. The van der Waals surface area contributed by atoms with Gasteiger partial charge >= 0.3 is 0 Å². The molecular weight excluding hydrogens is 242 g/mol. The number of hydrogen-bond donors (Lipinski definition) is 1. The molecule has 0 radical (unpaired) electrons. The van der Waals surface area contributed by atoms with Crippen molar-refractivity contribution in [2.45, 2.75) is 38.9 Å². The van der Waals surface area contributed by atoms with E-state index in [0.717, 1.165) is 18.7 Å². The van der Waals surface area contributed by atoms with Crippen molar-refractivity contribution in [2.75, 3.05) is 13.1 Å². The lowest BCUT2D eigenvalue weighted by molar-refractivity contribution is -0.384. The third-order valence-electron chi connectivity index (χ3n) is 3.90. The van der Waals surface area contributed by atoms with E-state index in [0.29, 0.717) is 12.1 Å². The van der Waals surface area contributed by atoms with Gasteiger partial charge in [0.25, 0.3) is 5.69 Å². The Morgan fingerprint density at radius 2 is 2.00 bits per heavy atom. The third-order valence-corrected chi connectivity index (χ3v) is 3.90. The normalized spacial score (nSPS) is 26.1. The van der Waals surface area contributed by atoms with Crippen molar-refractivity contribution >= 4 is 5.69 Å². The fourth-order valence-electron chi connectivity index (χ4n) is 2.66. The minimum Gasteiger partial charge on any atom is -0.311 e. The number of nitrogens with zero attached hydrogens (tertiary/aromatic N) is 2. The van der Waals surface area contributed by atoms with Gasteiger partial charge in [0, 0.05) is 43.3 Å². The Bertz CT molecular complexity index is 447. The SMILES string of the molecule is CC1CN(C(C)c2ccc([N+](=O)[O-])cc2)C(C)CN1. The van der Waals surface area contributed by atoms with Crippen LogP contribution in [0.15, 0.2) is 24.3 Å². The fraction of sp³-hybridized carbons (Fsp3) is 0.571. The van der Waals surface area contributed by atoms with Crippen LogP contribution in [0.1, 0.15) is 32.4 Å². The lowest BCUT2D eigenvalue weighted by atomic mass is 10.0. The molecule has 3 atom stereocenters. The molecule has 2 rings (SSSR count). The van der Waals surface area contributed by atoms with Crippen molar-refractivity contribution in [1.29, 1.82) is 0 Å². The van der Waals surface area contributed by atoms with Crippen LogP contribution in [0.25, 0.3) is 0 Å². The zero-order chi connectivity index (χ0) is 14.0. The molecular formula is C14H21N3O2. The molecule has 1 N–H and O–H groups in total. The first kappa shape index (κ1) is 14.0. The van der Waals surface area contributed by atoms with Crippen molar-refractivity contribution in [3.8, 4) is 0 Å². The molecule has 0 saturated carbocycles. The highest BCUT2D eigenvalue weighted by Gasteiger charge is 2.27. The molecule has 0 bridgehead atoms. The number of rotatable bonds is 3. The molecule has 3 unspecified atom stereocenters. The minimum absolute atomic E-state index is 0.151. The van der Waals surface area contributed by atoms with Crippen molar-refractivity contribution in [1.82, 2.24) is 10.2 Å². The molecule has 0 spiro atoms. The van der Waals surface area contributed by atoms with E-state index in [1.54, 1.807) is 12.1 Å². The summed E-state index contributed by atoms with van der Waals surface area (Å²) in [7, 11) is 0. The van der Waals surface area contributed by atoms with Crippen LogP contribution in [0, 0.1) is 10.1 Å². The maximum atomic E-state index is 10.7. The van der Waals surface area contributed by atoms with Crippen LogP contribution in [0.4, 0.5) is 5.69 Å². The van der Waals surface area contributed by atoms with Crippen molar-refractivity contribution in [2.24, 2.45) is 0 Å². The average molecular weight is 263 g/mol. The van der Waals surface area contributed by atoms with E-state index >= 15 is 0 Å². The molecule has 1 aromatic carbocycles. The lowest BCUT2D eigenvalue weighted by Gasteiger charge is -2.41. The quantitative estimate of drug-likeness (QED) is 0.671. The first-order valence-corrected chi connectivity index (χ1v) is 6.72. The van der Waals surface area contributed by atoms with Crippen LogP contribution in [-0.2, 0) is 0 Å². The predicted octanol–water partition coefficient (Wildman–Crippen LogP) is 2.34. The van der Waals surface area contributed by atoms with Crippen LogP contribution in [-0.4, -0.2) is 35.0 Å². The molecule has 1 aliphatic rings. The molecule has 1 saturated heterocycles. The van der Waals surface area contributed by atoms with Crippen molar-refractivity contribution in [3.05, 3.63) is 39.9 Å². The van der Waals surface area contributed by atoms with Gasteiger partial charge < -0.3 is 5.32 Å². The zero-order valence-electron chi connectivity index (χ0n) is 11.7. The topological polar surface area (TPSA) is 58.4 Å². The van der Waals surface area contributed by atoms with Gasteiger partial charge in [-0.3, -0.25) is 15.0 Å². The second-order valence-corrected chi connectivity index (χ2v) is 5.38. The molecule has 1 fully saturated rings. The summed E-state index contributed by atoms with van der Waals surface area (Å²) in [4.78, 5) is 12.8. The van der Waals surface area contributed by atoms with E-state index in [9.17, 15) is 10.1 Å². The molecule has 0 aliphatic carbocycles. The monoisotopic (exact) mass is 263 g/mol. The molecule has 5 heteroatoms. The highest BCUT2D eigenvalue weighted by Crippen LogP contribution is 2.25. The number of benzene rings is 1. The third kappa shape index (κ3) is 3.11. The Morgan fingerprint density at radius 3 is 2.58 bits per heavy atom. The molecule has 1 aliphatic heterocycles. The Kier molecular flexibility index (Phi) is 4.17. The van der Waals surface area contributed by atoms with E-state index < -0.39 is 0 Å². The molecule has 5 nitrogen and oxygen atoms in total. The van der Waals surface area contributed by atoms with Crippen molar-refractivity contribution in [3.63, 3.8) is 0 Å². The number of nitro benzene ring substituents is 1. The first-order valence-electron chi connectivity index (χ1n) is 6.72. The number of hydrogen-bond acceptors (Lipinski definition) is 4. The number of non-ortho nitro benzene ring substituents is 1. The summed E-state index contributed by atoms with van der Waals surface area (Å²) in [5.41, 5.74) is 1.28.